The quantitative estimate of drug-likeness (QED) is 0.594. The Morgan fingerprint density at radius 3 is 2.73 bits per heavy atom. The van der Waals surface area contributed by atoms with Crippen LogP contribution >= 0.6 is 0 Å². The van der Waals surface area contributed by atoms with Crippen molar-refractivity contribution in [2.45, 2.75) is 45.8 Å². The van der Waals surface area contributed by atoms with E-state index in [2.05, 4.69) is 20.9 Å². The van der Waals surface area contributed by atoms with Crippen LogP contribution < -0.4 is 16.2 Å². The van der Waals surface area contributed by atoms with Crippen LogP contribution in [0.25, 0.3) is 10.9 Å². The minimum absolute atomic E-state index is 0.0983. The molecule has 2 aromatic carbocycles. The van der Waals surface area contributed by atoms with Crippen molar-refractivity contribution in [2.24, 2.45) is 0 Å². The highest BCUT2D eigenvalue weighted by Gasteiger charge is 2.10. The summed E-state index contributed by atoms with van der Waals surface area (Å²) in [5, 5.41) is 14.1. The first-order valence-electron chi connectivity index (χ1n) is 9.97. The fourth-order valence-electron chi connectivity index (χ4n) is 2.90. The van der Waals surface area contributed by atoms with Crippen LogP contribution in [0.4, 0.5) is 0 Å². The number of carbonyl (C=O) groups is 2. The minimum Gasteiger partial charge on any atom is -0.352 e. The van der Waals surface area contributed by atoms with Gasteiger partial charge in [0.15, 0.2) is 0 Å². The van der Waals surface area contributed by atoms with E-state index in [9.17, 15) is 14.4 Å². The van der Waals surface area contributed by atoms with Gasteiger partial charge in [-0.1, -0.05) is 36.4 Å². The van der Waals surface area contributed by atoms with E-state index in [4.69, 9.17) is 0 Å². The fraction of sp³-hybridized carbons (Fsp3) is 0.318. The van der Waals surface area contributed by atoms with Crippen LogP contribution in [0.15, 0.2) is 53.3 Å². The van der Waals surface area contributed by atoms with Crippen molar-refractivity contribution < 1.29 is 9.59 Å². The number of nitrogens with zero attached hydrogens (tertiary/aromatic N) is 3. The molecule has 3 rings (SSSR count). The SMILES string of the molecule is CC[C@@H](C)NC(=O)c1cccc(CNC(=O)CCn2nnc3ccccc3c2=O)c1. The summed E-state index contributed by atoms with van der Waals surface area (Å²) in [6, 6.07) is 14.2. The average molecular weight is 407 g/mol. The molecule has 8 nitrogen and oxygen atoms in total. The molecule has 3 aromatic rings. The maximum absolute atomic E-state index is 12.4. The summed E-state index contributed by atoms with van der Waals surface area (Å²) in [6.07, 6.45) is 0.952. The molecule has 0 aliphatic rings. The average Bonchev–Trinajstić information content (AvgIpc) is 2.77. The highest BCUT2D eigenvalue weighted by molar-refractivity contribution is 5.94. The number of aryl methyl sites for hydroxylation is 1. The van der Waals surface area contributed by atoms with Crippen LogP contribution in [-0.2, 0) is 17.9 Å². The van der Waals surface area contributed by atoms with Gasteiger partial charge in [-0.05, 0) is 43.2 Å². The molecule has 0 spiro atoms. The second-order valence-corrected chi connectivity index (χ2v) is 7.14. The van der Waals surface area contributed by atoms with E-state index in [0.29, 0.717) is 23.0 Å². The predicted octanol–water partition coefficient (Wildman–Crippen LogP) is 2.03. The van der Waals surface area contributed by atoms with E-state index in [1.165, 1.54) is 4.68 Å². The molecule has 1 heterocycles. The van der Waals surface area contributed by atoms with E-state index < -0.39 is 0 Å². The molecule has 1 atom stereocenters. The topological polar surface area (TPSA) is 106 Å². The molecule has 0 saturated heterocycles. The van der Waals surface area contributed by atoms with Crippen molar-refractivity contribution in [1.82, 2.24) is 25.6 Å². The molecule has 156 valence electrons. The monoisotopic (exact) mass is 407 g/mol. The third kappa shape index (κ3) is 5.28. The lowest BCUT2D eigenvalue weighted by atomic mass is 10.1. The molecule has 1 aromatic heterocycles. The Morgan fingerprint density at radius 2 is 1.93 bits per heavy atom. The molecular weight excluding hydrogens is 382 g/mol. The van der Waals surface area contributed by atoms with Gasteiger partial charge in [0.2, 0.25) is 5.91 Å². The van der Waals surface area contributed by atoms with Crippen molar-refractivity contribution >= 4 is 22.7 Å². The maximum atomic E-state index is 12.4. The highest BCUT2D eigenvalue weighted by atomic mass is 16.2. The van der Waals surface area contributed by atoms with Gasteiger partial charge in [0.25, 0.3) is 11.5 Å². The fourth-order valence-corrected chi connectivity index (χ4v) is 2.90. The molecule has 0 unspecified atom stereocenters. The third-order valence-corrected chi connectivity index (χ3v) is 4.85. The second kappa shape index (κ2) is 9.78. The molecular formula is C22H25N5O3. The molecule has 0 saturated carbocycles. The van der Waals surface area contributed by atoms with Gasteiger partial charge in [0, 0.05) is 24.6 Å². The molecule has 0 radical (unpaired) electrons. The smallest absolute Gasteiger partial charge is 0.277 e. The Morgan fingerprint density at radius 1 is 1.13 bits per heavy atom. The Balaban J connectivity index is 1.55. The Kier molecular flexibility index (Phi) is 6.90. The largest absolute Gasteiger partial charge is 0.352 e. The molecule has 0 aliphatic carbocycles. The number of fused-ring (bicyclic) bond motifs is 1. The number of nitrogens with one attached hydrogen (secondary N) is 2. The summed E-state index contributed by atoms with van der Waals surface area (Å²) < 4.78 is 1.20. The highest BCUT2D eigenvalue weighted by Crippen LogP contribution is 2.07. The van der Waals surface area contributed by atoms with Gasteiger partial charge in [-0.3, -0.25) is 14.4 Å². The zero-order valence-corrected chi connectivity index (χ0v) is 17.1. The first-order valence-corrected chi connectivity index (χ1v) is 9.97. The lowest BCUT2D eigenvalue weighted by molar-refractivity contribution is -0.121. The Hall–Kier alpha value is -3.55. The summed E-state index contributed by atoms with van der Waals surface area (Å²) in [6.45, 7) is 4.39. The zero-order chi connectivity index (χ0) is 21.5. The maximum Gasteiger partial charge on any atom is 0.277 e. The normalized spacial score (nSPS) is 11.8. The molecule has 0 fully saturated rings. The summed E-state index contributed by atoms with van der Waals surface area (Å²) in [4.78, 5) is 36.9. The number of benzene rings is 2. The molecule has 2 amide bonds. The number of hydrogen-bond acceptors (Lipinski definition) is 5. The van der Waals surface area contributed by atoms with Crippen LogP contribution in [0.1, 0.15) is 42.6 Å². The van der Waals surface area contributed by atoms with Gasteiger partial charge in [-0.15, -0.1) is 5.10 Å². The summed E-state index contributed by atoms with van der Waals surface area (Å²) in [5.74, 6) is -0.349. The van der Waals surface area contributed by atoms with Crippen molar-refractivity contribution in [3.63, 3.8) is 0 Å². The number of hydrogen-bond donors (Lipinski definition) is 2. The van der Waals surface area contributed by atoms with Crippen LogP contribution in [0.3, 0.4) is 0 Å². The van der Waals surface area contributed by atoms with E-state index in [0.717, 1.165) is 12.0 Å². The van der Waals surface area contributed by atoms with Gasteiger partial charge < -0.3 is 10.6 Å². The molecule has 0 bridgehead atoms. The standard InChI is InChI=1S/C22H25N5O3/c1-3-15(2)24-21(29)17-8-6-7-16(13-17)14-23-20(28)11-12-27-22(30)18-9-4-5-10-19(18)25-26-27/h4-10,13,15H,3,11-12,14H2,1-2H3,(H,23,28)(H,24,29)/t15-/m1/s1. The summed E-state index contributed by atoms with van der Waals surface area (Å²) >= 11 is 0. The van der Waals surface area contributed by atoms with Crippen LogP contribution in [0.2, 0.25) is 0 Å². The van der Waals surface area contributed by atoms with Gasteiger partial charge in [0.05, 0.1) is 11.9 Å². The number of rotatable bonds is 8. The van der Waals surface area contributed by atoms with Crippen LogP contribution in [0.5, 0.6) is 0 Å². The Labute approximate surface area is 174 Å². The number of aromatic nitrogens is 3. The van der Waals surface area contributed by atoms with E-state index in [1.54, 1.807) is 42.5 Å². The first-order chi connectivity index (χ1) is 14.5. The van der Waals surface area contributed by atoms with Crippen molar-refractivity contribution in [3.8, 4) is 0 Å². The van der Waals surface area contributed by atoms with Gasteiger partial charge in [-0.2, -0.15) is 0 Å². The molecule has 0 aliphatic heterocycles. The summed E-state index contributed by atoms with van der Waals surface area (Å²) in [7, 11) is 0. The van der Waals surface area contributed by atoms with E-state index in [1.807, 2.05) is 19.9 Å². The van der Waals surface area contributed by atoms with E-state index >= 15 is 0 Å². The Bertz CT molecular complexity index is 1110. The molecule has 2 N–H and O–H groups in total. The summed E-state index contributed by atoms with van der Waals surface area (Å²) in [5.41, 5.74) is 1.64. The van der Waals surface area contributed by atoms with Crippen molar-refractivity contribution in [2.75, 3.05) is 0 Å². The second-order valence-electron chi connectivity index (χ2n) is 7.14. The van der Waals surface area contributed by atoms with E-state index in [-0.39, 0.29) is 36.4 Å². The lowest BCUT2D eigenvalue weighted by Gasteiger charge is -2.12. The van der Waals surface area contributed by atoms with Crippen molar-refractivity contribution in [3.05, 3.63) is 70.0 Å². The first kappa shape index (κ1) is 21.2. The third-order valence-electron chi connectivity index (χ3n) is 4.85. The predicted molar refractivity (Wildman–Crippen MR) is 114 cm³/mol. The zero-order valence-electron chi connectivity index (χ0n) is 17.1. The lowest BCUT2D eigenvalue weighted by Crippen LogP contribution is -2.32. The van der Waals surface area contributed by atoms with Gasteiger partial charge in [0.1, 0.15) is 5.52 Å². The van der Waals surface area contributed by atoms with Crippen LogP contribution in [0, 0.1) is 0 Å². The number of carbonyl (C=O) groups excluding carboxylic acids is 2. The molecule has 8 heteroatoms. The molecule has 30 heavy (non-hydrogen) atoms. The van der Waals surface area contributed by atoms with Gasteiger partial charge >= 0.3 is 0 Å². The van der Waals surface area contributed by atoms with Crippen LogP contribution in [-0.4, -0.2) is 32.9 Å². The minimum atomic E-state index is -0.270. The van der Waals surface area contributed by atoms with Gasteiger partial charge in [-0.25, -0.2) is 4.68 Å². The van der Waals surface area contributed by atoms with Crippen molar-refractivity contribution in [1.29, 1.82) is 0 Å². The number of amides is 2.